The van der Waals surface area contributed by atoms with E-state index in [1.54, 1.807) is 41.5 Å². The van der Waals surface area contributed by atoms with Crippen LogP contribution in [-0.2, 0) is 18.7 Å². The van der Waals surface area contributed by atoms with Gasteiger partial charge < -0.3 is 19.0 Å². The second-order valence-electron chi connectivity index (χ2n) is 11.6. The maximum atomic E-state index is 12.9. The zero-order valence-corrected chi connectivity index (χ0v) is 22.5. The molecule has 0 aliphatic carbocycles. The quantitative estimate of drug-likeness (QED) is 0.377. The summed E-state index contributed by atoms with van der Waals surface area (Å²) in [6, 6.07) is 0. The Morgan fingerprint density at radius 2 is 1.19 bits per heavy atom. The molecule has 0 aromatic carbocycles. The third kappa shape index (κ3) is 9.19. The summed E-state index contributed by atoms with van der Waals surface area (Å²) < 4.78 is 16.8. The van der Waals surface area contributed by atoms with Gasteiger partial charge in [0.25, 0.3) is 0 Å². The molecule has 31 heavy (non-hydrogen) atoms. The minimum absolute atomic E-state index is 0.00452. The minimum atomic E-state index is -2.01. The van der Waals surface area contributed by atoms with Crippen molar-refractivity contribution in [2.24, 2.45) is 0 Å². The number of carboxylic acid groups (broad SMARTS) is 1. The highest BCUT2D eigenvalue weighted by Gasteiger charge is 2.49. The van der Waals surface area contributed by atoms with Crippen LogP contribution >= 0.6 is 0 Å². The van der Waals surface area contributed by atoms with Gasteiger partial charge in [-0.05, 0) is 79.4 Å². The average Bonchev–Trinajstić information content (AvgIpc) is 2.46. The summed E-state index contributed by atoms with van der Waals surface area (Å²) in [4.78, 5) is 38.6. The zero-order chi connectivity index (χ0) is 25.1. The molecule has 0 rings (SSSR count). The van der Waals surface area contributed by atoms with Crippen LogP contribution in [0.1, 0.15) is 82.1 Å². The van der Waals surface area contributed by atoms with Crippen LogP contribution in [0, 0.1) is 0 Å². The number of rotatable bonds is 7. The molecule has 0 fully saturated rings. The Morgan fingerprint density at radius 1 is 0.806 bits per heavy atom. The lowest BCUT2D eigenvalue weighted by molar-refractivity contribution is -0.150. The molecule has 0 radical (unpaired) electrons. The molecule has 0 aromatic rings. The van der Waals surface area contributed by atoms with Gasteiger partial charge in [-0.1, -0.05) is 20.8 Å². The summed E-state index contributed by atoms with van der Waals surface area (Å²) in [5.41, 5.74) is -3.69. The van der Waals surface area contributed by atoms with Crippen molar-refractivity contribution >= 4 is 26.5 Å². The Bertz CT molecular complexity index is 628. The number of imide groups is 1. The number of carbonyl (C=O) groups excluding carboxylic acids is 2. The molecule has 0 unspecified atom stereocenters. The van der Waals surface area contributed by atoms with E-state index in [4.69, 9.17) is 13.9 Å². The first-order valence-corrected chi connectivity index (χ1v) is 13.6. The average molecular weight is 462 g/mol. The van der Waals surface area contributed by atoms with E-state index in [0.717, 1.165) is 0 Å². The first-order valence-electron chi connectivity index (χ1n) is 10.7. The summed E-state index contributed by atoms with van der Waals surface area (Å²) in [6.07, 6.45) is -1.78. The largest absolute Gasteiger partial charge is 0.479 e. The lowest BCUT2D eigenvalue weighted by atomic mass is 9.94. The summed E-state index contributed by atoms with van der Waals surface area (Å²) in [5, 5.41) is 10.0. The Kier molecular flexibility index (Phi) is 9.38. The van der Waals surface area contributed by atoms with Crippen LogP contribution in [0.2, 0.25) is 18.1 Å². The molecule has 1 atom stereocenters. The molecule has 1 N–H and O–H groups in total. The van der Waals surface area contributed by atoms with E-state index >= 15 is 0 Å². The van der Waals surface area contributed by atoms with E-state index in [1.807, 2.05) is 0 Å². The minimum Gasteiger partial charge on any atom is -0.479 e. The number of amides is 2. The van der Waals surface area contributed by atoms with Gasteiger partial charge in [-0.25, -0.2) is 14.4 Å². The van der Waals surface area contributed by atoms with E-state index in [0.29, 0.717) is 17.9 Å². The molecule has 0 spiro atoms. The van der Waals surface area contributed by atoms with Crippen LogP contribution in [0.25, 0.3) is 0 Å². The second kappa shape index (κ2) is 9.89. The van der Waals surface area contributed by atoms with Crippen LogP contribution in [0.4, 0.5) is 9.59 Å². The smallest absolute Gasteiger partial charge is 0.420 e. The molecule has 0 saturated carbocycles. The molecular formula is C22H43NO7Si. The van der Waals surface area contributed by atoms with E-state index in [9.17, 15) is 19.5 Å². The summed E-state index contributed by atoms with van der Waals surface area (Å²) >= 11 is 0. The molecule has 2 amide bonds. The van der Waals surface area contributed by atoms with Crippen molar-refractivity contribution in [1.29, 1.82) is 0 Å². The van der Waals surface area contributed by atoms with E-state index < -0.39 is 43.2 Å². The third-order valence-corrected chi connectivity index (χ3v) is 9.72. The number of hydrogen-bond donors (Lipinski definition) is 1. The third-order valence-electron chi connectivity index (χ3n) is 5.18. The van der Waals surface area contributed by atoms with Crippen molar-refractivity contribution in [3.63, 3.8) is 0 Å². The Hall–Kier alpha value is -1.61. The molecule has 0 aromatic heterocycles. The highest BCUT2D eigenvalue weighted by Crippen LogP contribution is 2.37. The van der Waals surface area contributed by atoms with E-state index in [-0.39, 0.29) is 11.5 Å². The number of hydrogen-bond acceptors (Lipinski definition) is 6. The highest BCUT2D eigenvalue weighted by atomic mass is 28.4. The number of nitrogens with zero attached hydrogens (tertiary/aromatic N) is 1. The predicted molar refractivity (Wildman–Crippen MR) is 123 cm³/mol. The number of carboxylic acids is 1. The van der Waals surface area contributed by atoms with E-state index in [1.165, 1.54) is 6.92 Å². The van der Waals surface area contributed by atoms with Gasteiger partial charge in [0.05, 0.1) is 0 Å². The van der Waals surface area contributed by atoms with Crippen molar-refractivity contribution in [3.05, 3.63) is 0 Å². The maximum Gasteiger partial charge on any atom is 0.420 e. The fourth-order valence-corrected chi connectivity index (χ4v) is 3.45. The molecule has 8 nitrogen and oxygen atoms in total. The molecular weight excluding hydrogens is 418 g/mol. The molecule has 182 valence electrons. The van der Waals surface area contributed by atoms with Crippen LogP contribution in [0.5, 0.6) is 0 Å². The zero-order valence-electron chi connectivity index (χ0n) is 21.5. The Balaban J connectivity index is 5.77. The predicted octanol–water partition coefficient (Wildman–Crippen LogP) is 5.80. The van der Waals surface area contributed by atoms with Gasteiger partial charge in [-0.15, -0.1) is 0 Å². The van der Waals surface area contributed by atoms with Crippen LogP contribution in [-0.4, -0.2) is 59.8 Å². The molecule has 0 aliphatic heterocycles. The second-order valence-corrected chi connectivity index (χ2v) is 16.4. The molecule has 9 heteroatoms. The van der Waals surface area contributed by atoms with Crippen molar-refractivity contribution < 1.29 is 33.4 Å². The van der Waals surface area contributed by atoms with Crippen LogP contribution in [0.3, 0.4) is 0 Å². The van der Waals surface area contributed by atoms with Crippen molar-refractivity contribution in [2.75, 3.05) is 6.61 Å². The number of aliphatic carboxylic acids is 1. The maximum absolute atomic E-state index is 12.9. The van der Waals surface area contributed by atoms with Gasteiger partial charge in [0.15, 0.2) is 13.9 Å². The summed E-state index contributed by atoms with van der Waals surface area (Å²) in [5.74, 6) is -1.32. The Labute approximate surface area is 188 Å². The van der Waals surface area contributed by atoms with Gasteiger partial charge in [-0.3, -0.25) is 0 Å². The van der Waals surface area contributed by atoms with Gasteiger partial charge in [-0.2, -0.15) is 4.90 Å². The van der Waals surface area contributed by atoms with Gasteiger partial charge in [0, 0.05) is 6.61 Å². The molecule has 0 bridgehead atoms. The van der Waals surface area contributed by atoms with Crippen molar-refractivity contribution in [3.8, 4) is 0 Å². The molecule has 0 heterocycles. The first-order chi connectivity index (χ1) is 13.5. The Morgan fingerprint density at radius 3 is 1.48 bits per heavy atom. The lowest BCUT2D eigenvalue weighted by Gasteiger charge is -2.38. The monoisotopic (exact) mass is 461 g/mol. The SMILES string of the molecule is CC(C)(C)OC(=O)N(C(=O)OC(C)(C)C)[C@@](C)(CCCO[Si](C)(C)C(C)(C)C)C(=O)O. The van der Waals surface area contributed by atoms with Gasteiger partial charge in [0.2, 0.25) is 0 Å². The topological polar surface area (TPSA) is 102 Å². The fraction of sp³-hybridized carbons (Fsp3) is 0.864. The van der Waals surface area contributed by atoms with Crippen LogP contribution < -0.4 is 0 Å². The first kappa shape index (κ1) is 29.4. The van der Waals surface area contributed by atoms with E-state index in [2.05, 4.69) is 33.9 Å². The lowest BCUT2D eigenvalue weighted by Crippen LogP contribution is -2.59. The van der Waals surface area contributed by atoms with Crippen LogP contribution in [0.15, 0.2) is 0 Å². The van der Waals surface area contributed by atoms with Crippen molar-refractivity contribution in [2.45, 2.75) is 117 Å². The normalized spacial score (nSPS) is 15.1. The highest BCUT2D eigenvalue weighted by molar-refractivity contribution is 6.74. The van der Waals surface area contributed by atoms with Gasteiger partial charge >= 0.3 is 18.2 Å². The van der Waals surface area contributed by atoms with Gasteiger partial charge in [0.1, 0.15) is 11.2 Å². The number of carbonyl (C=O) groups is 3. The summed E-state index contributed by atoms with van der Waals surface area (Å²) in [7, 11) is -2.01. The van der Waals surface area contributed by atoms with Crippen molar-refractivity contribution in [1.82, 2.24) is 4.90 Å². The fourth-order valence-electron chi connectivity index (χ4n) is 2.37. The molecule has 0 saturated heterocycles. The molecule has 0 aliphatic rings. The standard InChI is InChI=1S/C22H43NO7Si/c1-19(2,3)29-17(26)23(18(27)30-20(4,5)6)22(10,16(24)25)14-13-15-28-31(11,12)21(7,8)9/h13-15H2,1-12H3,(H,24,25)/t22-/m0/s1. The summed E-state index contributed by atoms with van der Waals surface area (Å²) in [6.45, 7) is 22.1. The number of ether oxygens (including phenoxy) is 2.